The zero-order valence-electron chi connectivity index (χ0n) is 11.1. The molecule has 0 aliphatic carbocycles. The molecule has 0 radical (unpaired) electrons. The minimum absolute atomic E-state index is 0.546. The Morgan fingerprint density at radius 2 is 2.10 bits per heavy atom. The predicted octanol–water partition coefficient (Wildman–Crippen LogP) is 3.55. The molecule has 1 atom stereocenters. The Hall–Kier alpha value is -1.19. The molecule has 104 valence electrons. The van der Waals surface area contributed by atoms with Gasteiger partial charge in [0, 0.05) is 13.1 Å². The van der Waals surface area contributed by atoms with E-state index < -0.39 is 6.10 Å². The predicted molar refractivity (Wildman–Crippen MR) is 84.5 cm³/mol. The van der Waals surface area contributed by atoms with Gasteiger partial charge in [0.25, 0.3) is 0 Å². The average molecular weight is 351 g/mol. The van der Waals surface area contributed by atoms with Crippen LogP contribution in [0.25, 0.3) is 0 Å². The maximum absolute atomic E-state index is 10.2. The summed E-state index contributed by atoms with van der Waals surface area (Å²) in [7, 11) is 1.98. The van der Waals surface area contributed by atoms with Gasteiger partial charge in [-0.15, -0.1) is 11.3 Å². The number of thiophene rings is 1. The molecule has 2 aromatic rings. The number of nitrogens with zero attached hydrogens (tertiary/aromatic N) is 2. The molecule has 1 unspecified atom stereocenters. The van der Waals surface area contributed by atoms with Crippen molar-refractivity contribution >= 4 is 27.3 Å². The van der Waals surface area contributed by atoms with Crippen molar-refractivity contribution in [3.8, 4) is 6.07 Å². The van der Waals surface area contributed by atoms with Crippen LogP contribution in [0.2, 0.25) is 0 Å². The van der Waals surface area contributed by atoms with Gasteiger partial charge in [0.15, 0.2) is 0 Å². The van der Waals surface area contributed by atoms with Crippen LogP contribution in [-0.2, 0) is 6.54 Å². The second kappa shape index (κ2) is 7.00. The topological polar surface area (TPSA) is 47.3 Å². The van der Waals surface area contributed by atoms with Gasteiger partial charge < -0.3 is 5.11 Å². The number of hydrogen-bond acceptors (Lipinski definition) is 4. The summed E-state index contributed by atoms with van der Waals surface area (Å²) in [5.74, 6) is 0. The van der Waals surface area contributed by atoms with E-state index in [2.05, 4.69) is 38.3 Å². The molecule has 0 amide bonds. The van der Waals surface area contributed by atoms with Crippen LogP contribution < -0.4 is 0 Å². The Balaban J connectivity index is 1.92. The van der Waals surface area contributed by atoms with Crippen LogP contribution in [0.1, 0.15) is 22.8 Å². The zero-order chi connectivity index (χ0) is 14.5. The summed E-state index contributed by atoms with van der Waals surface area (Å²) in [6.45, 7) is 1.36. The van der Waals surface area contributed by atoms with Crippen molar-refractivity contribution in [2.24, 2.45) is 0 Å². The number of nitriles is 1. The van der Waals surface area contributed by atoms with Crippen LogP contribution in [0.3, 0.4) is 0 Å². The number of rotatable bonds is 5. The van der Waals surface area contributed by atoms with Crippen molar-refractivity contribution in [3.63, 3.8) is 0 Å². The van der Waals surface area contributed by atoms with E-state index in [1.165, 1.54) is 5.56 Å². The largest absolute Gasteiger partial charge is 0.387 e. The first-order valence-electron chi connectivity index (χ1n) is 6.18. The summed E-state index contributed by atoms with van der Waals surface area (Å²) in [6, 6.07) is 11.2. The van der Waals surface area contributed by atoms with Crippen LogP contribution in [0.5, 0.6) is 0 Å². The minimum atomic E-state index is -0.546. The van der Waals surface area contributed by atoms with E-state index in [-0.39, 0.29) is 0 Å². The van der Waals surface area contributed by atoms with Crippen molar-refractivity contribution in [1.82, 2.24) is 4.90 Å². The smallest absolute Gasteiger partial charge is 0.0991 e. The first-order chi connectivity index (χ1) is 9.58. The Bertz CT molecular complexity index is 603. The van der Waals surface area contributed by atoms with Crippen molar-refractivity contribution in [3.05, 3.63) is 56.2 Å². The number of hydrogen-bond donors (Lipinski definition) is 1. The van der Waals surface area contributed by atoms with E-state index in [1.807, 2.05) is 7.05 Å². The van der Waals surface area contributed by atoms with Gasteiger partial charge >= 0.3 is 0 Å². The van der Waals surface area contributed by atoms with Crippen molar-refractivity contribution in [1.29, 1.82) is 5.26 Å². The van der Waals surface area contributed by atoms with Gasteiger partial charge in [-0.2, -0.15) is 5.26 Å². The fraction of sp³-hybridized carbons (Fsp3) is 0.267. The van der Waals surface area contributed by atoms with Crippen LogP contribution in [0.15, 0.2) is 39.5 Å². The maximum Gasteiger partial charge on any atom is 0.0991 e. The highest BCUT2D eigenvalue weighted by Gasteiger charge is 2.11. The van der Waals surface area contributed by atoms with Crippen molar-refractivity contribution in [2.45, 2.75) is 12.6 Å². The quantitative estimate of drug-likeness (QED) is 0.896. The normalized spacial score (nSPS) is 12.3. The third kappa shape index (κ3) is 4.15. The van der Waals surface area contributed by atoms with E-state index in [0.717, 1.165) is 15.9 Å². The van der Waals surface area contributed by atoms with Crippen molar-refractivity contribution < 1.29 is 5.11 Å². The van der Waals surface area contributed by atoms with Crippen LogP contribution in [0, 0.1) is 11.3 Å². The molecule has 0 fully saturated rings. The Labute approximate surface area is 131 Å². The minimum Gasteiger partial charge on any atom is -0.387 e. The molecule has 0 bridgehead atoms. The van der Waals surface area contributed by atoms with Crippen LogP contribution in [0.4, 0.5) is 0 Å². The molecular formula is C15H15BrN2OS. The lowest BCUT2D eigenvalue weighted by atomic mass is 10.1. The van der Waals surface area contributed by atoms with Crippen molar-refractivity contribution in [2.75, 3.05) is 13.6 Å². The molecule has 2 rings (SSSR count). The summed E-state index contributed by atoms with van der Waals surface area (Å²) >= 11 is 5.11. The van der Waals surface area contributed by atoms with Gasteiger partial charge in [0.05, 0.1) is 21.5 Å². The second-order valence-electron chi connectivity index (χ2n) is 4.71. The van der Waals surface area contributed by atoms with E-state index >= 15 is 0 Å². The highest BCUT2D eigenvalue weighted by molar-refractivity contribution is 9.11. The number of likely N-dealkylation sites (N-methyl/N-ethyl adjacent to an activating group) is 1. The second-order valence-corrected chi connectivity index (χ2v) is 7.00. The molecule has 0 spiro atoms. The molecule has 3 nitrogen and oxygen atoms in total. The molecule has 5 heteroatoms. The van der Waals surface area contributed by atoms with Crippen LogP contribution >= 0.6 is 27.3 Å². The molecular weight excluding hydrogens is 336 g/mol. The first-order valence-corrected chi connectivity index (χ1v) is 7.85. The van der Waals surface area contributed by atoms with Gasteiger partial charge in [0.2, 0.25) is 0 Å². The Kier molecular flexibility index (Phi) is 5.32. The third-order valence-electron chi connectivity index (χ3n) is 2.98. The van der Waals surface area contributed by atoms with Gasteiger partial charge in [-0.1, -0.05) is 12.1 Å². The molecule has 20 heavy (non-hydrogen) atoms. The monoisotopic (exact) mass is 350 g/mol. The molecule has 0 saturated heterocycles. The van der Waals surface area contributed by atoms with Crippen LogP contribution in [-0.4, -0.2) is 23.6 Å². The molecule has 1 aromatic carbocycles. The lowest BCUT2D eigenvalue weighted by Gasteiger charge is -2.20. The fourth-order valence-electron chi connectivity index (χ4n) is 1.99. The van der Waals surface area contributed by atoms with Gasteiger partial charge in [0.1, 0.15) is 0 Å². The number of aliphatic hydroxyl groups excluding tert-OH is 1. The third-order valence-corrected chi connectivity index (χ3v) is 4.54. The number of halogens is 1. The van der Waals surface area contributed by atoms with E-state index in [1.54, 1.807) is 35.6 Å². The first kappa shape index (κ1) is 15.2. The molecule has 1 heterocycles. The van der Waals surface area contributed by atoms with E-state index in [4.69, 9.17) is 5.26 Å². The number of benzene rings is 1. The lowest BCUT2D eigenvalue weighted by molar-refractivity contribution is 0.124. The zero-order valence-corrected chi connectivity index (χ0v) is 13.5. The summed E-state index contributed by atoms with van der Waals surface area (Å²) in [5.41, 5.74) is 2.68. The van der Waals surface area contributed by atoms with Gasteiger partial charge in [-0.3, -0.25) is 4.90 Å². The lowest BCUT2D eigenvalue weighted by Crippen LogP contribution is -2.24. The highest BCUT2D eigenvalue weighted by atomic mass is 79.9. The van der Waals surface area contributed by atoms with E-state index in [0.29, 0.717) is 12.1 Å². The average Bonchev–Trinajstić information content (AvgIpc) is 2.84. The highest BCUT2D eigenvalue weighted by Crippen LogP contribution is 2.22. The van der Waals surface area contributed by atoms with Gasteiger partial charge in [-0.25, -0.2) is 0 Å². The summed E-state index contributed by atoms with van der Waals surface area (Å²) < 4.78 is 1.12. The SMILES string of the molecule is CN(Cc1csc(Br)c1)CC(O)c1ccc(C#N)cc1. The molecule has 0 saturated carbocycles. The maximum atomic E-state index is 10.2. The van der Waals surface area contributed by atoms with Gasteiger partial charge in [-0.05, 0) is 57.7 Å². The Morgan fingerprint density at radius 1 is 1.40 bits per heavy atom. The molecule has 0 aliphatic rings. The number of aliphatic hydroxyl groups is 1. The molecule has 1 N–H and O–H groups in total. The van der Waals surface area contributed by atoms with E-state index in [9.17, 15) is 5.11 Å². The molecule has 0 aliphatic heterocycles. The fourth-order valence-corrected chi connectivity index (χ4v) is 3.19. The summed E-state index contributed by atoms with van der Waals surface area (Å²) in [4.78, 5) is 2.08. The standard InChI is InChI=1S/C15H15BrN2OS/c1-18(8-12-6-15(16)20-10-12)9-14(19)13-4-2-11(7-17)3-5-13/h2-6,10,14,19H,8-9H2,1H3. The Morgan fingerprint density at radius 3 is 2.65 bits per heavy atom. The summed E-state index contributed by atoms with van der Waals surface area (Å²) in [5, 5.41) is 21.1. The molecule has 1 aromatic heterocycles. The summed E-state index contributed by atoms with van der Waals surface area (Å²) in [6.07, 6.45) is -0.546.